The van der Waals surface area contributed by atoms with Crippen molar-refractivity contribution >= 4 is 11.8 Å². The van der Waals surface area contributed by atoms with Gasteiger partial charge in [-0.1, -0.05) is 0 Å². The van der Waals surface area contributed by atoms with E-state index in [1.54, 1.807) is 11.9 Å². The van der Waals surface area contributed by atoms with Crippen LogP contribution >= 0.6 is 0 Å². The first-order chi connectivity index (χ1) is 7.97. The molecule has 6 nitrogen and oxygen atoms in total. The molecule has 1 rings (SSSR count). The van der Waals surface area contributed by atoms with E-state index < -0.39 is 17.9 Å². The molecule has 1 unspecified atom stereocenters. The number of hydrogen-bond donors (Lipinski definition) is 2. The molecule has 1 aliphatic rings. The van der Waals surface area contributed by atoms with Crippen LogP contribution in [0.3, 0.4) is 0 Å². The molecule has 2 amide bonds. The molecule has 1 atom stereocenters. The summed E-state index contributed by atoms with van der Waals surface area (Å²) in [7, 11) is 1.73. The quantitative estimate of drug-likeness (QED) is 0.585. The number of aliphatic hydroxyl groups excluding tert-OH is 1. The third-order valence-electron chi connectivity index (χ3n) is 2.84. The Hall–Kier alpha value is -1.14. The van der Waals surface area contributed by atoms with Gasteiger partial charge in [0.2, 0.25) is 0 Å². The van der Waals surface area contributed by atoms with E-state index in [2.05, 4.69) is 5.32 Å². The highest BCUT2D eigenvalue weighted by molar-refractivity contribution is 6.35. The lowest BCUT2D eigenvalue weighted by molar-refractivity contribution is -0.158. The molecule has 1 heterocycles. The predicted molar refractivity (Wildman–Crippen MR) is 63.4 cm³/mol. The van der Waals surface area contributed by atoms with Crippen LogP contribution in [0.25, 0.3) is 0 Å². The summed E-state index contributed by atoms with van der Waals surface area (Å²) in [5.41, 5.74) is 0. The molecular formula is C11H21N3O3. The molecule has 0 radical (unpaired) electrons. The average molecular weight is 243 g/mol. The van der Waals surface area contributed by atoms with Crippen LogP contribution in [0, 0.1) is 0 Å². The number of rotatable bonds is 5. The summed E-state index contributed by atoms with van der Waals surface area (Å²) in [4.78, 5) is 26.5. The third kappa shape index (κ3) is 3.41. The zero-order valence-corrected chi connectivity index (χ0v) is 10.6. The van der Waals surface area contributed by atoms with E-state index in [-0.39, 0.29) is 12.6 Å². The zero-order chi connectivity index (χ0) is 13.0. The standard InChI is InChI=1S/C11H21N3O3/c1-8(2)14-5-4-13(10(16)11(14)17)7-9(15)6-12-3/h8-9,12,15H,4-7H2,1-3H3. The highest BCUT2D eigenvalue weighted by Gasteiger charge is 2.34. The van der Waals surface area contributed by atoms with Gasteiger partial charge in [0.05, 0.1) is 6.10 Å². The lowest BCUT2D eigenvalue weighted by Gasteiger charge is -2.36. The second-order valence-corrected chi connectivity index (χ2v) is 4.55. The number of piperazine rings is 1. The topological polar surface area (TPSA) is 72.9 Å². The molecule has 17 heavy (non-hydrogen) atoms. The number of β-amino-alcohol motifs (C(OH)–C–C–N with tert-alkyl or cyclic N) is 1. The Morgan fingerprint density at radius 2 is 1.94 bits per heavy atom. The van der Waals surface area contributed by atoms with Gasteiger partial charge in [-0.3, -0.25) is 9.59 Å². The molecule has 0 saturated carbocycles. The van der Waals surface area contributed by atoms with Crippen LogP contribution in [-0.4, -0.2) is 72.1 Å². The van der Waals surface area contributed by atoms with E-state index in [9.17, 15) is 14.7 Å². The smallest absolute Gasteiger partial charge is 0.312 e. The minimum absolute atomic E-state index is 0.0378. The van der Waals surface area contributed by atoms with Crippen LogP contribution in [0.2, 0.25) is 0 Å². The van der Waals surface area contributed by atoms with Crippen molar-refractivity contribution in [3.8, 4) is 0 Å². The molecule has 1 fully saturated rings. The zero-order valence-electron chi connectivity index (χ0n) is 10.6. The highest BCUT2D eigenvalue weighted by Crippen LogP contribution is 2.09. The second kappa shape index (κ2) is 5.97. The minimum atomic E-state index is -0.637. The number of carbonyl (C=O) groups is 2. The molecule has 0 aromatic carbocycles. The number of nitrogens with zero attached hydrogens (tertiary/aromatic N) is 2. The van der Waals surface area contributed by atoms with Crippen LogP contribution in [0.1, 0.15) is 13.8 Å². The first kappa shape index (κ1) is 13.9. The first-order valence-electron chi connectivity index (χ1n) is 5.90. The van der Waals surface area contributed by atoms with Gasteiger partial charge in [-0.15, -0.1) is 0 Å². The van der Waals surface area contributed by atoms with Crippen LogP contribution in [0.15, 0.2) is 0 Å². The maximum atomic E-state index is 11.8. The maximum Gasteiger partial charge on any atom is 0.312 e. The minimum Gasteiger partial charge on any atom is -0.390 e. The summed E-state index contributed by atoms with van der Waals surface area (Å²) in [5.74, 6) is -0.983. The van der Waals surface area contributed by atoms with Crippen LogP contribution in [-0.2, 0) is 9.59 Å². The number of amides is 2. The Labute approximate surface area is 102 Å². The largest absolute Gasteiger partial charge is 0.390 e. The van der Waals surface area contributed by atoms with Gasteiger partial charge in [0.1, 0.15) is 0 Å². The highest BCUT2D eigenvalue weighted by atomic mass is 16.3. The van der Waals surface area contributed by atoms with Crippen LogP contribution in [0.4, 0.5) is 0 Å². The number of likely N-dealkylation sites (N-methyl/N-ethyl adjacent to an activating group) is 1. The Morgan fingerprint density at radius 1 is 1.29 bits per heavy atom. The Balaban J connectivity index is 2.56. The van der Waals surface area contributed by atoms with E-state index in [1.807, 2.05) is 13.8 Å². The number of hydrogen-bond acceptors (Lipinski definition) is 4. The first-order valence-corrected chi connectivity index (χ1v) is 5.90. The monoisotopic (exact) mass is 243 g/mol. The van der Waals surface area contributed by atoms with Gasteiger partial charge in [-0.2, -0.15) is 0 Å². The van der Waals surface area contributed by atoms with Gasteiger partial charge in [0.25, 0.3) is 0 Å². The van der Waals surface area contributed by atoms with Crippen molar-refractivity contribution in [2.24, 2.45) is 0 Å². The number of aliphatic hydroxyl groups is 1. The number of nitrogens with one attached hydrogen (secondary N) is 1. The SMILES string of the molecule is CNCC(O)CN1CCN(C(C)C)C(=O)C1=O. The molecule has 0 aliphatic carbocycles. The maximum absolute atomic E-state index is 11.8. The third-order valence-corrected chi connectivity index (χ3v) is 2.84. The van der Waals surface area contributed by atoms with Gasteiger partial charge < -0.3 is 20.2 Å². The van der Waals surface area contributed by atoms with Crippen molar-refractivity contribution in [3.05, 3.63) is 0 Å². The summed E-state index contributed by atoms with van der Waals surface area (Å²) >= 11 is 0. The molecule has 98 valence electrons. The van der Waals surface area contributed by atoms with Crippen molar-refractivity contribution in [1.29, 1.82) is 0 Å². The van der Waals surface area contributed by atoms with Crippen LogP contribution in [0.5, 0.6) is 0 Å². The summed E-state index contributed by atoms with van der Waals surface area (Å²) in [5, 5.41) is 12.4. The lowest BCUT2D eigenvalue weighted by atomic mass is 10.2. The summed E-state index contributed by atoms with van der Waals surface area (Å²) < 4.78 is 0. The molecule has 0 spiro atoms. The molecule has 2 N–H and O–H groups in total. The van der Waals surface area contributed by atoms with Crippen molar-refractivity contribution in [3.63, 3.8) is 0 Å². The van der Waals surface area contributed by atoms with Crippen molar-refractivity contribution in [2.75, 3.05) is 33.2 Å². The molecule has 0 aromatic rings. The van der Waals surface area contributed by atoms with Crippen LogP contribution < -0.4 is 5.32 Å². The Morgan fingerprint density at radius 3 is 2.47 bits per heavy atom. The summed E-state index contributed by atoms with van der Waals surface area (Å²) in [6.07, 6.45) is -0.637. The normalized spacial score (nSPS) is 19.1. The van der Waals surface area contributed by atoms with E-state index in [1.165, 1.54) is 4.90 Å². The fraction of sp³-hybridized carbons (Fsp3) is 0.818. The van der Waals surface area contributed by atoms with E-state index in [0.717, 1.165) is 0 Å². The van der Waals surface area contributed by atoms with Gasteiger partial charge in [0.15, 0.2) is 0 Å². The van der Waals surface area contributed by atoms with Crippen molar-refractivity contribution in [1.82, 2.24) is 15.1 Å². The van der Waals surface area contributed by atoms with Crippen molar-refractivity contribution in [2.45, 2.75) is 26.0 Å². The van der Waals surface area contributed by atoms with E-state index in [0.29, 0.717) is 19.6 Å². The van der Waals surface area contributed by atoms with Gasteiger partial charge in [0, 0.05) is 32.2 Å². The Kier molecular flexibility index (Phi) is 4.89. The predicted octanol–water partition coefficient (Wildman–Crippen LogP) is -1.35. The van der Waals surface area contributed by atoms with Gasteiger partial charge in [-0.25, -0.2) is 0 Å². The molecule has 6 heteroatoms. The molecule has 0 aromatic heterocycles. The average Bonchev–Trinajstić information content (AvgIpc) is 2.25. The van der Waals surface area contributed by atoms with Crippen molar-refractivity contribution < 1.29 is 14.7 Å². The van der Waals surface area contributed by atoms with Gasteiger partial charge in [-0.05, 0) is 20.9 Å². The van der Waals surface area contributed by atoms with E-state index in [4.69, 9.17) is 0 Å². The molecule has 0 bridgehead atoms. The molecule has 1 aliphatic heterocycles. The summed E-state index contributed by atoms with van der Waals surface area (Å²) in [6, 6.07) is 0.0378. The molecular weight excluding hydrogens is 222 g/mol. The lowest BCUT2D eigenvalue weighted by Crippen LogP contribution is -2.57. The van der Waals surface area contributed by atoms with Gasteiger partial charge >= 0.3 is 11.8 Å². The fourth-order valence-electron chi connectivity index (χ4n) is 1.91. The summed E-state index contributed by atoms with van der Waals surface area (Å²) in [6.45, 7) is 5.41. The van der Waals surface area contributed by atoms with E-state index >= 15 is 0 Å². The second-order valence-electron chi connectivity index (χ2n) is 4.55. The molecule has 1 saturated heterocycles. The number of carbonyl (C=O) groups excluding carboxylic acids is 2. The fourth-order valence-corrected chi connectivity index (χ4v) is 1.91. The Bertz CT molecular complexity index is 294.